The predicted octanol–water partition coefficient (Wildman–Crippen LogP) is 0.663. The molecule has 1 aliphatic rings. The van der Waals surface area contributed by atoms with Gasteiger partial charge >= 0.3 is 0 Å². The molecule has 1 amide bonds. The number of tetrazole rings is 1. The Bertz CT molecular complexity index is 572. The largest absolute Gasteiger partial charge is 0.370 e. The van der Waals surface area contributed by atoms with Gasteiger partial charge in [-0.25, -0.2) is 4.68 Å². The Morgan fingerprint density at radius 3 is 2.95 bits per heavy atom. The lowest BCUT2D eigenvalue weighted by Crippen LogP contribution is -2.42. The molecule has 110 valence electrons. The van der Waals surface area contributed by atoms with Crippen LogP contribution in [0.4, 0.5) is 0 Å². The number of carbonyl (C=O) groups is 1. The molecule has 7 nitrogen and oxygen atoms in total. The Morgan fingerprint density at radius 2 is 2.19 bits per heavy atom. The van der Waals surface area contributed by atoms with Crippen molar-refractivity contribution in [1.29, 1.82) is 0 Å². The minimum absolute atomic E-state index is 0.0445. The fourth-order valence-corrected chi connectivity index (χ4v) is 2.40. The van der Waals surface area contributed by atoms with Crippen molar-refractivity contribution in [2.45, 2.75) is 19.1 Å². The molecule has 3 rings (SSSR count). The van der Waals surface area contributed by atoms with E-state index in [2.05, 4.69) is 15.5 Å². The van der Waals surface area contributed by atoms with Crippen LogP contribution in [-0.2, 0) is 16.1 Å². The second-order valence-corrected chi connectivity index (χ2v) is 4.93. The summed E-state index contributed by atoms with van der Waals surface area (Å²) in [6, 6.07) is 10.00. The van der Waals surface area contributed by atoms with E-state index in [-0.39, 0.29) is 12.0 Å². The predicted molar refractivity (Wildman–Crippen MR) is 74.1 cm³/mol. The van der Waals surface area contributed by atoms with E-state index in [9.17, 15) is 4.79 Å². The monoisotopic (exact) mass is 287 g/mol. The Labute approximate surface area is 122 Å². The zero-order valence-electron chi connectivity index (χ0n) is 11.6. The topological polar surface area (TPSA) is 73.1 Å². The van der Waals surface area contributed by atoms with Gasteiger partial charge in [-0.3, -0.25) is 4.79 Å². The zero-order valence-corrected chi connectivity index (χ0v) is 11.6. The van der Waals surface area contributed by atoms with E-state index in [4.69, 9.17) is 4.74 Å². The minimum atomic E-state index is -0.0445. The zero-order chi connectivity index (χ0) is 14.5. The molecule has 1 saturated heterocycles. The van der Waals surface area contributed by atoms with Gasteiger partial charge in [0, 0.05) is 13.0 Å². The molecule has 1 atom stereocenters. The highest BCUT2D eigenvalue weighted by Gasteiger charge is 2.24. The fraction of sp³-hybridized carbons (Fsp3) is 0.429. The number of aryl methyl sites for hydroxylation is 1. The number of hydrogen-bond acceptors (Lipinski definition) is 5. The van der Waals surface area contributed by atoms with Gasteiger partial charge in [-0.2, -0.15) is 0 Å². The SMILES string of the molecule is O=C(CCn1cnnn1)N1CCO[C@H](c2ccccc2)C1. The Balaban J connectivity index is 1.56. The lowest BCUT2D eigenvalue weighted by molar-refractivity contribution is -0.139. The van der Waals surface area contributed by atoms with E-state index in [1.165, 1.54) is 6.33 Å². The highest BCUT2D eigenvalue weighted by molar-refractivity contribution is 5.76. The molecule has 0 radical (unpaired) electrons. The number of morpholine rings is 1. The molecule has 0 aliphatic carbocycles. The number of aromatic nitrogens is 4. The molecule has 0 N–H and O–H groups in total. The van der Waals surface area contributed by atoms with E-state index >= 15 is 0 Å². The average molecular weight is 287 g/mol. The summed E-state index contributed by atoms with van der Waals surface area (Å²) in [5, 5.41) is 10.9. The lowest BCUT2D eigenvalue weighted by atomic mass is 10.1. The van der Waals surface area contributed by atoms with Gasteiger partial charge in [0.15, 0.2) is 0 Å². The van der Waals surface area contributed by atoms with Gasteiger partial charge in [0.25, 0.3) is 0 Å². The second kappa shape index (κ2) is 6.45. The molecule has 1 fully saturated rings. The molecule has 0 spiro atoms. The van der Waals surface area contributed by atoms with Crippen LogP contribution in [-0.4, -0.2) is 50.7 Å². The molecule has 1 aliphatic heterocycles. The van der Waals surface area contributed by atoms with Crippen molar-refractivity contribution in [2.24, 2.45) is 0 Å². The summed E-state index contributed by atoms with van der Waals surface area (Å²) in [6.45, 7) is 2.30. The first-order valence-electron chi connectivity index (χ1n) is 6.98. The van der Waals surface area contributed by atoms with Gasteiger partial charge in [-0.05, 0) is 16.0 Å². The highest BCUT2D eigenvalue weighted by Crippen LogP contribution is 2.22. The molecule has 2 aromatic rings. The van der Waals surface area contributed by atoms with Gasteiger partial charge in [-0.15, -0.1) is 5.10 Å². The van der Waals surface area contributed by atoms with E-state index in [1.807, 2.05) is 35.2 Å². The number of benzene rings is 1. The molecule has 0 unspecified atom stereocenters. The van der Waals surface area contributed by atoms with Crippen molar-refractivity contribution >= 4 is 5.91 Å². The van der Waals surface area contributed by atoms with Crippen molar-refractivity contribution in [3.63, 3.8) is 0 Å². The molecular weight excluding hydrogens is 270 g/mol. The number of amides is 1. The summed E-state index contributed by atoms with van der Waals surface area (Å²) in [4.78, 5) is 14.1. The van der Waals surface area contributed by atoms with Crippen molar-refractivity contribution < 1.29 is 9.53 Å². The molecule has 7 heteroatoms. The fourth-order valence-electron chi connectivity index (χ4n) is 2.40. The first-order valence-corrected chi connectivity index (χ1v) is 6.98. The summed E-state index contributed by atoms with van der Waals surface area (Å²) in [7, 11) is 0. The maximum atomic E-state index is 12.3. The summed E-state index contributed by atoms with van der Waals surface area (Å²) < 4.78 is 7.33. The number of nitrogens with zero attached hydrogens (tertiary/aromatic N) is 5. The van der Waals surface area contributed by atoms with Crippen molar-refractivity contribution in [1.82, 2.24) is 25.1 Å². The van der Waals surface area contributed by atoms with Gasteiger partial charge in [0.1, 0.15) is 12.4 Å². The smallest absolute Gasteiger partial charge is 0.224 e. The third kappa shape index (κ3) is 3.43. The van der Waals surface area contributed by atoms with Crippen LogP contribution in [0, 0.1) is 0 Å². The number of rotatable bonds is 4. The summed E-state index contributed by atoms with van der Waals surface area (Å²) in [5.74, 6) is 0.106. The van der Waals surface area contributed by atoms with Crippen LogP contribution in [0.15, 0.2) is 36.7 Å². The summed E-state index contributed by atoms with van der Waals surface area (Å²) >= 11 is 0. The van der Waals surface area contributed by atoms with Crippen molar-refractivity contribution in [3.8, 4) is 0 Å². The Hall–Kier alpha value is -2.28. The van der Waals surface area contributed by atoms with Gasteiger partial charge in [0.2, 0.25) is 5.91 Å². The highest BCUT2D eigenvalue weighted by atomic mass is 16.5. The van der Waals surface area contributed by atoms with E-state index in [0.29, 0.717) is 32.7 Å². The van der Waals surface area contributed by atoms with Crippen LogP contribution < -0.4 is 0 Å². The van der Waals surface area contributed by atoms with Gasteiger partial charge < -0.3 is 9.64 Å². The molecule has 0 saturated carbocycles. The number of hydrogen-bond donors (Lipinski definition) is 0. The molecular formula is C14H17N5O2. The molecule has 1 aromatic heterocycles. The van der Waals surface area contributed by atoms with E-state index in [0.717, 1.165) is 5.56 Å². The van der Waals surface area contributed by atoms with Crippen LogP contribution in [0.25, 0.3) is 0 Å². The summed E-state index contributed by atoms with van der Waals surface area (Å²) in [6.07, 6.45) is 1.86. The van der Waals surface area contributed by atoms with Crippen molar-refractivity contribution in [2.75, 3.05) is 19.7 Å². The van der Waals surface area contributed by atoms with E-state index in [1.54, 1.807) is 4.68 Å². The molecule has 1 aromatic carbocycles. The second-order valence-electron chi connectivity index (χ2n) is 4.93. The van der Waals surface area contributed by atoms with Crippen molar-refractivity contribution in [3.05, 3.63) is 42.2 Å². The normalized spacial score (nSPS) is 18.7. The molecule has 0 bridgehead atoms. The molecule has 21 heavy (non-hydrogen) atoms. The van der Waals surface area contributed by atoms with Crippen LogP contribution >= 0.6 is 0 Å². The average Bonchev–Trinajstić information content (AvgIpc) is 3.07. The Kier molecular flexibility index (Phi) is 4.20. The quantitative estimate of drug-likeness (QED) is 0.826. The summed E-state index contributed by atoms with van der Waals surface area (Å²) in [5.41, 5.74) is 1.11. The third-order valence-electron chi connectivity index (χ3n) is 3.54. The maximum Gasteiger partial charge on any atom is 0.224 e. The van der Waals surface area contributed by atoms with Crippen LogP contribution in [0.1, 0.15) is 18.1 Å². The number of carbonyl (C=O) groups excluding carboxylic acids is 1. The van der Waals surface area contributed by atoms with Crippen LogP contribution in [0.3, 0.4) is 0 Å². The minimum Gasteiger partial charge on any atom is -0.370 e. The third-order valence-corrected chi connectivity index (χ3v) is 3.54. The van der Waals surface area contributed by atoms with Gasteiger partial charge in [-0.1, -0.05) is 30.3 Å². The standard InChI is InChI=1S/C14H17N5O2/c20-14(6-7-19-11-15-16-17-19)18-8-9-21-13(10-18)12-4-2-1-3-5-12/h1-5,11,13H,6-10H2/t13-/m0/s1. The first kappa shape index (κ1) is 13.7. The molecule has 2 heterocycles. The van der Waals surface area contributed by atoms with Crippen LogP contribution in [0.2, 0.25) is 0 Å². The number of ether oxygens (including phenoxy) is 1. The van der Waals surface area contributed by atoms with E-state index < -0.39 is 0 Å². The lowest BCUT2D eigenvalue weighted by Gasteiger charge is -2.33. The Morgan fingerprint density at radius 1 is 1.33 bits per heavy atom. The maximum absolute atomic E-state index is 12.3. The first-order chi connectivity index (χ1) is 10.3. The van der Waals surface area contributed by atoms with Gasteiger partial charge in [0.05, 0.1) is 19.7 Å². The van der Waals surface area contributed by atoms with Crippen LogP contribution in [0.5, 0.6) is 0 Å².